The predicted molar refractivity (Wildman–Crippen MR) is 56.9 cm³/mol. The van der Waals surface area contributed by atoms with Crippen LogP contribution in [0.2, 0.25) is 0 Å². The summed E-state index contributed by atoms with van der Waals surface area (Å²) in [7, 11) is 0. The third-order valence-electron chi connectivity index (χ3n) is 2.88. The van der Waals surface area contributed by atoms with Crippen LogP contribution in [0.3, 0.4) is 0 Å². The van der Waals surface area contributed by atoms with Gasteiger partial charge in [0.05, 0.1) is 12.0 Å². The van der Waals surface area contributed by atoms with Crippen molar-refractivity contribution in [2.24, 2.45) is 0 Å². The molecule has 2 rings (SSSR count). The molecule has 1 aliphatic rings. The first-order chi connectivity index (χ1) is 7.50. The van der Waals surface area contributed by atoms with Crippen LogP contribution in [0, 0.1) is 13.8 Å². The molecule has 0 saturated heterocycles. The molecule has 1 heterocycles. The molecule has 1 atom stereocenters. The van der Waals surface area contributed by atoms with Gasteiger partial charge in [-0.2, -0.15) is 0 Å². The van der Waals surface area contributed by atoms with Crippen molar-refractivity contribution in [2.45, 2.75) is 26.4 Å². The van der Waals surface area contributed by atoms with Crippen molar-refractivity contribution < 1.29 is 19.4 Å². The molecule has 1 aromatic rings. The van der Waals surface area contributed by atoms with Gasteiger partial charge in [0.25, 0.3) is 0 Å². The summed E-state index contributed by atoms with van der Waals surface area (Å²) in [6.07, 6.45) is -1.15. The van der Waals surface area contributed by atoms with Gasteiger partial charge in [-0.1, -0.05) is 6.07 Å². The van der Waals surface area contributed by atoms with Crippen LogP contribution in [0.25, 0.3) is 0 Å². The van der Waals surface area contributed by atoms with Crippen molar-refractivity contribution in [2.75, 3.05) is 0 Å². The minimum absolute atomic E-state index is 0.0924. The summed E-state index contributed by atoms with van der Waals surface area (Å²) >= 11 is 0. The van der Waals surface area contributed by atoms with Gasteiger partial charge in [-0.25, -0.2) is 4.79 Å². The molecule has 1 aromatic carbocycles. The van der Waals surface area contributed by atoms with E-state index in [0.29, 0.717) is 11.3 Å². The lowest BCUT2D eigenvalue weighted by Crippen LogP contribution is -2.34. The first kappa shape index (κ1) is 10.7. The summed E-state index contributed by atoms with van der Waals surface area (Å²) in [5.74, 6) is -0.847. The van der Waals surface area contributed by atoms with Gasteiger partial charge < -0.3 is 9.84 Å². The summed E-state index contributed by atoms with van der Waals surface area (Å²) < 4.78 is 5.36. The summed E-state index contributed by atoms with van der Waals surface area (Å²) in [4.78, 5) is 22.5. The number of hydrogen-bond donors (Lipinski definition) is 1. The number of carbonyl (C=O) groups is 2. The second-order valence-electron chi connectivity index (χ2n) is 3.96. The van der Waals surface area contributed by atoms with Crippen LogP contribution in [0.1, 0.15) is 27.9 Å². The molecule has 84 valence electrons. The molecule has 1 unspecified atom stereocenters. The molecule has 16 heavy (non-hydrogen) atoms. The molecule has 1 aliphatic heterocycles. The number of rotatable bonds is 1. The Kier molecular flexibility index (Phi) is 2.42. The van der Waals surface area contributed by atoms with Crippen molar-refractivity contribution in [1.29, 1.82) is 0 Å². The van der Waals surface area contributed by atoms with Crippen molar-refractivity contribution in [3.8, 4) is 5.75 Å². The highest BCUT2D eigenvalue weighted by atomic mass is 16.5. The van der Waals surface area contributed by atoms with Crippen molar-refractivity contribution >= 4 is 11.8 Å². The molecular weight excluding hydrogens is 208 g/mol. The maximum atomic E-state index is 11.7. The van der Waals surface area contributed by atoms with Gasteiger partial charge >= 0.3 is 5.97 Å². The lowest BCUT2D eigenvalue weighted by Gasteiger charge is -2.24. The molecule has 0 saturated carbocycles. The fraction of sp³-hybridized carbons (Fsp3) is 0.333. The highest BCUT2D eigenvalue weighted by Gasteiger charge is 2.32. The minimum atomic E-state index is -1.10. The molecule has 0 amide bonds. The van der Waals surface area contributed by atoms with Crippen molar-refractivity contribution in [1.82, 2.24) is 0 Å². The highest BCUT2D eigenvalue weighted by molar-refractivity contribution is 6.02. The van der Waals surface area contributed by atoms with Crippen molar-refractivity contribution in [3.05, 3.63) is 28.8 Å². The number of carbonyl (C=O) groups excluding carboxylic acids is 1. The van der Waals surface area contributed by atoms with Crippen LogP contribution in [-0.2, 0) is 4.79 Å². The number of ketones is 1. The molecule has 4 nitrogen and oxygen atoms in total. The number of ether oxygens (including phenoxy) is 1. The number of carboxylic acid groups (broad SMARTS) is 1. The van der Waals surface area contributed by atoms with Gasteiger partial charge in [0.15, 0.2) is 5.78 Å². The average Bonchev–Trinajstić information content (AvgIpc) is 2.23. The Morgan fingerprint density at radius 2 is 2.12 bits per heavy atom. The van der Waals surface area contributed by atoms with E-state index in [0.717, 1.165) is 11.1 Å². The van der Waals surface area contributed by atoms with E-state index in [9.17, 15) is 9.59 Å². The molecule has 4 heteroatoms. The first-order valence-corrected chi connectivity index (χ1v) is 5.03. The second kappa shape index (κ2) is 3.63. The summed E-state index contributed by atoms with van der Waals surface area (Å²) in [5.41, 5.74) is 2.30. The number of fused-ring (bicyclic) bond motifs is 1. The Bertz CT molecular complexity index is 476. The van der Waals surface area contributed by atoms with E-state index < -0.39 is 12.1 Å². The van der Waals surface area contributed by atoms with Crippen LogP contribution in [0.4, 0.5) is 0 Å². The molecule has 0 radical (unpaired) electrons. The zero-order chi connectivity index (χ0) is 11.9. The van der Waals surface area contributed by atoms with Gasteiger partial charge in [0.2, 0.25) is 6.10 Å². The monoisotopic (exact) mass is 220 g/mol. The predicted octanol–water partition coefficient (Wildman–Crippen LogP) is 1.72. The summed E-state index contributed by atoms with van der Waals surface area (Å²) in [5, 5.41) is 8.86. The van der Waals surface area contributed by atoms with Crippen LogP contribution in [-0.4, -0.2) is 23.0 Å². The van der Waals surface area contributed by atoms with E-state index in [-0.39, 0.29) is 12.2 Å². The molecule has 0 aliphatic carbocycles. The van der Waals surface area contributed by atoms with Crippen LogP contribution in [0.15, 0.2) is 12.1 Å². The van der Waals surface area contributed by atoms with E-state index >= 15 is 0 Å². The smallest absolute Gasteiger partial charge is 0.345 e. The van der Waals surface area contributed by atoms with E-state index in [2.05, 4.69) is 0 Å². The average molecular weight is 220 g/mol. The van der Waals surface area contributed by atoms with E-state index in [4.69, 9.17) is 9.84 Å². The minimum Gasteiger partial charge on any atom is -0.478 e. The van der Waals surface area contributed by atoms with Crippen LogP contribution in [0.5, 0.6) is 5.75 Å². The molecular formula is C12H12O4. The van der Waals surface area contributed by atoms with Crippen LogP contribution >= 0.6 is 0 Å². The number of carboxylic acids is 1. The van der Waals surface area contributed by atoms with Gasteiger partial charge in [0.1, 0.15) is 5.75 Å². The number of Topliss-reactive ketones (excluding diaryl/α,β-unsaturated/α-hetero) is 1. The third-order valence-corrected chi connectivity index (χ3v) is 2.88. The SMILES string of the molecule is Cc1ccc2c(c1C)OC(C(=O)O)CC2=O. The Morgan fingerprint density at radius 1 is 1.44 bits per heavy atom. The number of hydrogen-bond acceptors (Lipinski definition) is 3. The first-order valence-electron chi connectivity index (χ1n) is 5.03. The normalized spacial score (nSPS) is 18.9. The van der Waals surface area contributed by atoms with Gasteiger partial charge in [0, 0.05) is 0 Å². The Morgan fingerprint density at radius 3 is 2.75 bits per heavy atom. The zero-order valence-electron chi connectivity index (χ0n) is 9.11. The number of aryl methyl sites for hydroxylation is 1. The highest BCUT2D eigenvalue weighted by Crippen LogP contribution is 2.32. The van der Waals surface area contributed by atoms with E-state index in [1.165, 1.54) is 0 Å². The fourth-order valence-electron chi connectivity index (χ4n) is 1.76. The number of benzene rings is 1. The topological polar surface area (TPSA) is 63.6 Å². The third kappa shape index (κ3) is 1.56. The van der Waals surface area contributed by atoms with Gasteiger partial charge in [-0.3, -0.25) is 4.79 Å². The lowest BCUT2D eigenvalue weighted by atomic mass is 9.96. The molecule has 1 N–H and O–H groups in total. The Hall–Kier alpha value is -1.84. The number of aliphatic carboxylic acids is 1. The van der Waals surface area contributed by atoms with Gasteiger partial charge in [-0.15, -0.1) is 0 Å². The Balaban J connectivity index is 2.51. The van der Waals surface area contributed by atoms with Gasteiger partial charge in [-0.05, 0) is 31.0 Å². The Labute approximate surface area is 92.8 Å². The largest absolute Gasteiger partial charge is 0.478 e. The maximum absolute atomic E-state index is 11.7. The maximum Gasteiger partial charge on any atom is 0.345 e. The fourth-order valence-corrected chi connectivity index (χ4v) is 1.76. The molecule has 0 bridgehead atoms. The standard InChI is InChI=1S/C12H12O4/c1-6-3-4-8-9(13)5-10(12(14)15)16-11(8)7(6)2/h3-4,10H,5H2,1-2H3,(H,14,15). The van der Waals surface area contributed by atoms with E-state index in [1.54, 1.807) is 6.07 Å². The van der Waals surface area contributed by atoms with E-state index in [1.807, 2.05) is 19.9 Å². The molecule has 0 aromatic heterocycles. The molecule has 0 fully saturated rings. The van der Waals surface area contributed by atoms with Crippen LogP contribution < -0.4 is 4.74 Å². The molecule has 0 spiro atoms. The second-order valence-corrected chi connectivity index (χ2v) is 3.96. The van der Waals surface area contributed by atoms with Crippen molar-refractivity contribution in [3.63, 3.8) is 0 Å². The quantitative estimate of drug-likeness (QED) is 0.782. The zero-order valence-corrected chi connectivity index (χ0v) is 9.11. The lowest BCUT2D eigenvalue weighted by molar-refractivity contribution is -0.145. The summed E-state index contributed by atoms with van der Waals surface area (Å²) in [6, 6.07) is 3.54. The summed E-state index contributed by atoms with van der Waals surface area (Å²) in [6.45, 7) is 3.72.